The lowest BCUT2D eigenvalue weighted by Crippen LogP contribution is -2.24. The second-order valence-corrected chi connectivity index (χ2v) is 5.46. The van der Waals surface area contributed by atoms with Crippen molar-refractivity contribution < 1.29 is 14.6 Å². The highest BCUT2D eigenvalue weighted by atomic mass is 16.5. The van der Waals surface area contributed by atoms with Crippen LogP contribution in [0.3, 0.4) is 0 Å². The summed E-state index contributed by atoms with van der Waals surface area (Å²) in [6.45, 7) is 5.36. The number of carbonyl (C=O) groups excluding carboxylic acids is 1. The second kappa shape index (κ2) is 8.33. The summed E-state index contributed by atoms with van der Waals surface area (Å²) >= 11 is 0. The number of aliphatic hydroxyl groups is 1. The zero-order valence-electron chi connectivity index (χ0n) is 13.6. The van der Waals surface area contributed by atoms with Gasteiger partial charge in [-0.2, -0.15) is 5.10 Å². The van der Waals surface area contributed by atoms with Crippen molar-refractivity contribution in [2.24, 2.45) is 0 Å². The average molecular weight is 317 g/mol. The molecular weight excluding hydrogens is 294 g/mol. The summed E-state index contributed by atoms with van der Waals surface area (Å²) in [5, 5.41) is 15.7. The van der Waals surface area contributed by atoms with Gasteiger partial charge in [0.1, 0.15) is 5.75 Å². The minimum Gasteiger partial charge on any atom is -0.493 e. The van der Waals surface area contributed by atoms with Crippen LogP contribution in [-0.4, -0.2) is 34.0 Å². The van der Waals surface area contributed by atoms with E-state index in [9.17, 15) is 4.79 Å². The molecule has 1 amide bonds. The van der Waals surface area contributed by atoms with Gasteiger partial charge in [0.2, 0.25) is 5.91 Å². The van der Waals surface area contributed by atoms with Gasteiger partial charge >= 0.3 is 0 Å². The van der Waals surface area contributed by atoms with Crippen molar-refractivity contribution in [1.29, 1.82) is 0 Å². The van der Waals surface area contributed by atoms with E-state index in [1.54, 1.807) is 10.9 Å². The van der Waals surface area contributed by atoms with Gasteiger partial charge in [0, 0.05) is 18.3 Å². The van der Waals surface area contributed by atoms with Crippen molar-refractivity contribution in [3.63, 3.8) is 0 Å². The third-order valence-electron chi connectivity index (χ3n) is 3.58. The second-order valence-electron chi connectivity index (χ2n) is 5.46. The number of nitrogens with one attached hydrogen (secondary N) is 1. The molecule has 0 fully saturated rings. The van der Waals surface area contributed by atoms with Gasteiger partial charge in [-0.1, -0.05) is 6.07 Å². The first-order valence-corrected chi connectivity index (χ1v) is 7.67. The number of nitrogens with zero attached hydrogens (tertiary/aromatic N) is 2. The van der Waals surface area contributed by atoms with Gasteiger partial charge in [-0.05, 0) is 37.1 Å². The van der Waals surface area contributed by atoms with E-state index in [1.807, 2.05) is 31.3 Å². The highest BCUT2D eigenvalue weighted by molar-refractivity contribution is 5.75. The molecule has 2 rings (SSSR count). The Morgan fingerprint density at radius 1 is 1.35 bits per heavy atom. The standard InChI is InChI=1S/C17H23N3O3/c1-13-3-4-16(9-14(13)2)23-8-5-17(22)18-10-15-11-19-20(12-15)6-7-21/h3-4,9,11-12,21H,5-8,10H2,1-2H3,(H,18,22). The van der Waals surface area contributed by atoms with E-state index in [1.165, 1.54) is 11.1 Å². The van der Waals surface area contributed by atoms with Gasteiger partial charge in [0.25, 0.3) is 0 Å². The van der Waals surface area contributed by atoms with Crippen LogP contribution in [0.5, 0.6) is 5.75 Å². The molecule has 124 valence electrons. The molecule has 0 saturated carbocycles. The number of amides is 1. The monoisotopic (exact) mass is 317 g/mol. The van der Waals surface area contributed by atoms with Crippen molar-refractivity contribution in [3.05, 3.63) is 47.3 Å². The van der Waals surface area contributed by atoms with Gasteiger partial charge in [-0.15, -0.1) is 0 Å². The predicted molar refractivity (Wildman–Crippen MR) is 87.2 cm³/mol. The van der Waals surface area contributed by atoms with E-state index < -0.39 is 0 Å². The molecule has 0 bridgehead atoms. The van der Waals surface area contributed by atoms with Gasteiger partial charge < -0.3 is 15.2 Å². The quantitative estimate of drug-likeness (QED) is 0.775. The van der Waals surface area contributed by atoms with E-state index in [2.05, 4.69) is 17.3 Å². The van der Waals surface area contributed by atoms with Crippen LogP contribution in [0.2, 0.25) is 0 Å². The first-order valence-electron chi connectivity index (χ1n) is 7.67. The number of aromatic nitrogens is 2. The maximum atomic E-state index is 11.8. The Morgan fingerprint density at radius 3 is 2.91 bits per heavy atom. The lowest BCUT2D eigenvalue weighted by molar-refractivity contribution is -0.121. The molecule has 23 heavy (non-hydrogen) atoms. The number of rotatable bonds is 8. The molecular formula is C17H23N3O3. The fourth-order valence-electron chi connectivity index (χ4n) is 2.08. The molecule has 1 aromatic carbocycles. The normalized spacial score (nSPS) is 10.6. The van der Waals surface area contributed by atoms with Crippen molar-refractivity contribution >= 4 is 5.91 Å². The minimum atomic E-state index is -0.0660. The summed E-state index contributed by atoms with van der Waals surface area (Å²) in [6, 6.07) is 5.90. The smallest absolute Gasteiger partial charge is 0.223 e. The molecule has 6 heteroatoms. The van der Waals surface area contributed by atoms with Crippen LogP contribution < -0.4 is 10.1 Å². The number of benzene rings is 1. The highest BCUT2D eigenvalue weighted by Gasteiger charge is 2.04. The summed E-state index contributed by atoms with van der Waals surface area (Å²) in [6.07, 6.45) is 3.79. The van der Waals surface area contributed by atoms with E-state index in [0.29, 0.717) is 26.1 Å². The maximum absolute atomic E-state index is 11.8. The van der Waals surface area contributed by atoms with Gasteiger partial charge in [0.05, 0.1) is 32.4 Å². The fourth-order valence-corrected chi connectivity index (χ4v) is 2.08. The number of aryl methyl sites for hydroxylation is 2. The third kappa shape index (κ3) is 5.41. The largest absolute Gasteiger partial charge is 0.493 e. The SMILES string of the molecule is Cc1ccc(OCCC(=O)NCc2cnn(CCO)c2)cc1C. The molecule has 0 aliphatic heterocycles. The molecule has 6 nitrogen and oxygen atoms in total. The molecule has 0 aliphatic carbocycles. The topological polar surface area (TPSA) is 76.4 Å². The summed E-state index contributed by atoms with van der Waals surface area (Å²) in [5.41, 5.74) is 3.30. The Kier molecular flexibility index (Phi) is 6.17. The summed E-state index contributed by atoms with van der Waals surface area (Å²) in [7, 11) is 0. The van der Waals surface area contributed by atoms with E-state index in [4.69, 9.17) is 9.84 Å². The van der Waals surface area contributed by atoms with Gasteiger partial charge in [0.15, 0.2) is 0 Å². The van der Waals surface area contributed by atoms with Crippen LogP contribution in [0.25, 0.3) is 0 Å². The van der Waals surface area contributed by atoms with Crippen molar-refractivity contribution in [1.82, 2.24) is 15.1 Å². The van der Waals surface area contributed by atoms with Gasteiger partial charge in [-0.3, -0.25) is 9.48 Å². The minimum absolute atomic E-state index is 0.0449. The Labute approximate surface area is 136 Å². The molecule has 0 aliphatic rings. The fraction of sp³-hybridized carbons (Fsp3) is 0.412. The molecule has 2 N–H and O–H groups in total. The molecule has 0 spiro atoms. The number of ether oxygens (including phenoxy) is 1. The Hall–Kier alpha value is -2.34. The van der Waals surface area contributed by atoms with Gasteiger partial charge in [-0.25, -0.2) is 0 Å². The number of aliphatic hydroxyl groups excluding tert-OH is 1. The van der Waals surface area contributed by atoms with Crippen molar-refractivity contribution in [2.45, 2.75) is 33.4 Å². The number of carbonyl (C=O) groups is 1. The molecule has 0 unspecified atom stereocenters. The first kappa shape index (κ1) is 17.0. The molecule has 1 heterocycles. The van der Waals surface area contributed by atoms with E-state index >= 15 is 0 Å². The Bertz CT molecular complexity index is 652. The van der Waals surface area contributed by atoms with Crippen LogP contribution in [-0.2, 0) is 17.9 Å². The zero-order valence-corrected chi connectivity index (χ0v) is 13.6. The lowest BCUT2D eigenvalue weighted by atomic mass is 10.1. The molecule has 1 aromatic heterocycles. The Morgan fingerprint density at radius 2 is 2.17 bits per heavy atom. The van der Waals surface area contributed by atoms with E-state index in [0.717, 1.165) is 11.3 Å². The average Bonchev–Trinajstić information content (AvgIpc) is 2.97. The highest BCUT2D eigenvalue weighted by Crippen LogP contribution is 2.16. The molecule has 0 radical (unpaired) electrons. The molecule has 2 aromatic rings. The summed E-state index contributed by atoms with van der Waals surface area (Å²) < 4.78 is 7.24. The first-order chi connectivity index (χ1) is 11.1. The summed E-state index contributed by atoms with van der Waals surface area (Å²) in [4.78, 5) is 11.8. The lowest BCUT2D eigenvalue weighted by Gasteiger charge is -2.08. The van der Waals surface area contributed by atoms with E-state index in [-0.39, 0.29) is 12.5 Å². The van der Waals surface area contributed by atoms with Crippen LogP contribution >= 0.6 is 0 Å². The molecule has 0 atom stereocenters. The predicted octanol–water partition coefficient (Wildman–Crippen LogP) is 1.58. The molecule has 0 saturated heterocycles. The van der Waals surface area contributed by atoms with Crippen LogP contribution in [0, 0.1) is 13.8 Å². The maximum Gasteiger partial charge on any atom is 0.223 e. The van der Waals surface area contributed by atoms with Crippen LogP contribution in [0.1, 0.15) is 23.1 Å². The third-order valence-corrected chi connectivity index (χ3v) is 3.58. The number of hydrogen-bond acceptors (Lipinski definition) is 4. The Balaban J connectivity index is 1.69. The van der Waals surface area contributed by atoms with Crippen LogP contribution in [0.15, 0.2) is 30.6 Å². The van der Waals surface area contributed by atoms with Crippen molar-refractivity contribution in [3.8, 4) is 5.75 Å². The zero-order chi connectivity index (χ0) is 16.7. The van der Waals surface area contributed by atoms with Crippen molar-refractivity contribution in [2.75, 3.05) is 13.2 Å². The number of hydrogen-bond donors (Lipinski definition) is 2. The summed E-state index contributed by atoms with van der Waals surface area (Å²) in [5.74, 6) is 0.718. The van der Waals surface area contributed by atoms with Crippen LogP contribution in [0.4, 0.5) is 0 Å².